The van der Waals surface area contributed by atoms with Crippen molar-refractivity contribution < 1.29 is 24.1 Å². The van der Waals surface area contributed by atoms with Crippen molar-refractivity contribution in [2.75, 3.05) is 11.5 Å². The predicted molar refractivity (Wildman–Crippen MR) is 107 cm³/mol. The third kappa shape index (κ3) is 3.39. The third-order valence-electron chi connectivity index (χ3n) is 4.92. The smallest absolute Gasteiger partial charge is 0.270 e. The number of ether oxygens (including phenoxy) is 1. The fourth-order valence-electron chi connectivity index (χ4n) is 3.33. The van der Waals surface area contributed by atoms with E-state index in [9.17, 15) is 19.7 Å². The number of hydrogen-bond donors (Lipinski definition) is 1. The molecular formula is C21H19N3O6. The number of nitrogens with one attached hydrogen (secondary N) is 1. The van der Waals surface area contributed by atoms with E-state index in [2.05, 4.69) is 12.4 Å². The Kier molecular flexibility index (Phi) is 5.20. The summed E-state index contributed by atoms with van der Waals surface area (Å²) >= 11 is 0. The second-order valence-corrected chi connectivity index (χ2v) is 6.87. The van der Waals surface area contributed by atoms with E-state index in [-0.39, 0.29) is 11.3 Å². The van der Waals surface area contributed by atoms with E-state index in [1.807, 2.05) is 0 Å². The lowest BCUT2D eigenvalue weighted by atomic mass is 10.0. The summed E-state index contributed by atoms with van der Waals surface area (Å²) in [5.74, 6) is -0.336. The SMILES string of the molecule is CCCCOc1ccc(N2C(=O)C3=C(c4ccc([N+](=O)[O-])cc4)NO[C@@H]3C2=O)cc1. The second-order valence-electron chi connectivity index (χ2n) is 6.87. The molecule has 2 amide bonds. The van der Waals surface area contributed by atoms with Gasteiger partial charge < -0.3 is 4.74 Å². The molecule has 0 aliphatic carbocycles. The fourth-order valence-corrected chi connectivity index (χ4v) is 3.33. The van der Waals surface area contributed by atoms with Gasteiger partial charge in [0.2, 0.25) is 0 Å². The van der Waals surface area contributed by atoms with Crippen LogP contribution in [-0.2, 0) is 14.4 Å². The van der Waals surface area contributed by atoms with Crippen molar-refractivity contribution in [3.8, 4) is 5.75 Å². The number of anilines is 1. The highest BCUT2D eigenvalue weighted by Crippen LogP contribution is 2.36. The zero-order chi connectivity index (χ0) is 21.3. The van der Waals surface area contributed by atoms with Gasteiger partial charge in [0, 0.05) is 17.7 Å². The summed E-state index contributed by atoms with van der Waals surface area (Å²) < 4.78 is 5.61. The number of carbonyl (C=O) groups excluding carboxylic acids is 2. The summed E-state index contributed by atoms with van der Waals surface area (Å²) in [7, 11) is 0. The molecule has 1 N–H and O–H groups in total. The van der Waals surface area contributed by atoms with Gasteiger partial charge in [-0.05, 0) is 42.8 Å². The van der Waals surface area contributed by atoms with Crippen LogP contribution in [-0.4, -0.2) is 29.4 Å². The highest BCUT2D eigenvalue weighted by molar-refractivity contribution is 6.33. The Bertz CT molecular complexity index is 1030. The molecule has 2 heterocycles. The first kappa shape index (κ1) is 19.6. The predicted octanol–water partition coefficient (Wildman–Crippen LogP) is 2.96. The molecule has 9 heteroatoms. The van der Waals surface area contributed by atoms with Crippen molar-refractivity contribution in [1.82, 2.24) is 5.48 Å². The molecule has 154 valence electrons. The third-order valence-corrected chi connectivity index (χ3v) is 4.92. The molecule has 2 aliphatic heterocycles. The molecule has 0 saturated carbocycles. The van der Waals surface area contributed by atoms with Gasteiger partial charge in [-0.3, -0.25) is 30.0 Å². The highest BCUT2D eigenvalue weighted by atomic mass is 16.7. The standard InChI is InChI=1S/C21H19N3O6/c1-2-3-12-29-16-10-8-14(9-11-16)23-20(25)17-18(22-30-19(17)21(23)26)13-4-6-15(7-5-13)24(27)28/h4-11,19,22H,2-3,12H2,1H3/t19-/m0/s1. The first-order chi connectivity index (χ1) is 14.5. The summed E-state index contributed by atoms with van der Waals surface area (Å²) in [5.41, 5.74) is 3.98. The van der Waals surface area contributed by atoms with Gasteiger partial charge in [-0.2, -0.15) is 0 Å². The summed E-state index contributed by atoms with van der Waals surface area (Å²) in [4.78, 5) is 42.6. The van der Waals surface area contributed by atoms with E-state index >= 15 is 0 Å². The lowest BCUT2D eigenvalue weighted by Crippen LogP contribution is -2.34. The van der Waals surface area contributed by atoms with Crippen LogP contribution in [0.2, 0.25) is 0 Å². The number of non-ortho nitro benzene ring substituents is 1. The van der Waals surface area contributed by atoms with Gasteiger partial charge in [0.15, 0.2) is 6.10 Å². The zero-order valence-electron chi connectivity index (χ0n) is 16.2. The number of unbranched alkanes of at least 4 members (excludes halogenated alkanes) is 1. The van der Waals surface area contributed by atoms with E-state index in [0.717, 1.165) is 17.7 Å². The average molecular weight is 409 g/mol. The molecule has 1 atom stereocenters. The first-order valence-corrected chi connectivity index (χ1v) is 9.53. The van der Waals surface area contributed by atoms with Crippen LogP contribution in [0, 0.1) is 10.1 Å². The number of hydrogen-bond acceptors (Lipinski definition) is 7. The van der Waals surface area contributed by atoms with E-state index in [0.29, 0.717) is 29.3 Å². The van der Waals surface area contributed by atoms with Crippen molar-refractivity contribution in [2.45, 2.75) is 25.9 Å². The Morgan fingerprint density at radius 2 is 1.83 bits per heavy atom. The number of nitrogens with zero attached hydrogens (tertiary/aromatic N) is 2. The molecule has 0 spiro atoms. The molecule has 0 aromatic heterocycles. The van der Waals surface area contributed by atoms with Crippen LogP contribution >= 0.6 is 0 Å². The van der Waals surface area contributed by atoms with Gasteiger partial charge in [0.1, 0.15) is 5.75 Å². The number of amides is 2. The monoisotopic (exact) mass is 409 g/mol. The maximum absolute atomic E-state index is 13.0. The van der Waals surface area contributed by atoms with Crippen LogP contribution in [0.3, 0.4) is 0 Å². The molecule has 1 fully saturated rings. The van der Waals surface area contributed by atoms with E-state index < -0.39 is 22.8 Å². The number of fused-ring (bicyclic) bond motifs is 1. The normalized spacial score (nSPS) is 17.9. The van der Waals surface area contributed by atoms with Crippen LogP contribution in [0.15, 0.2) is 54.1 Å². The number of carbonyl (C=O) groups is 2. The van der Waals surface area contributed by atoms with Crippen molar-refractivity contribution in [1.29, 1.82) is 0 Å². The Balaban J connectivity index is 1.60. The minimum absolute atomic E-state index is 0.0727. The maximum Gasteiger partial charge on any atom is 0.270 e. The average Bonchev–Trinajstić information content (AvgIpc) is 3.29. The van der Waals surface area contributed by atoms with Gasteiger partial charge in [-0.25, -0.2) is 4.90 Å². The van der Waals surface area contributed by atoms with Crippen LogP contribution in [0.4, 0.5) is 11.4 Å². The van der Waals surface area contributed by atoms with Gasteiger partial charge in [0.05, 0.1) is 28.5 Å². The molecular weight excluding hydrogens is 390 g/mol. The Hall–Kier alpha value is -3.72. The van der Waals surface area contributed by atoms with Gasteiger partial charge in [0.25, 0.3) is 17.5 Å². The number of rotatable bonds is 7. The molecule has 2 aromatic rings. The Morgan fingerprint density at radius 3 is 2.47 bits per heavy atom. The minimum atomic E-state index is -1.07. The van der Waals surface area contributed by atoms with Gasteiger partial charge >= 0.3 is 0 Å². The summed E-state index contributed by atoms with van der Waals surface area (Å²) in [6.07, 6.45) is 0.899. The van der Waals surface area contributed by atoms with Crippen molar-refractivity contribution in [3.05, 3.63) is 69.8 Å². The van der Waals surface area contributed by atoms with E-state index in [4.69, 9.17) is 9.57 Å². The van der Waals surface area contributed by atoms with Crippen molar-refractivity contribution in [2.24, 2.45) is 0 Å². The van der Waals surface area contributed by atoms with Gasteiger partial charge in [-0.15, -0.1) is 0 Å². The van der Waals surface area contributed by atoms with Crippen molar-refractivity contribution in [3.63, 3.8) is 0 Å². The molecule has 4 rings (SSSR count). The first-order valence-electron chi connectivity index (χ1n) is 9.53. The summed E-state index contributed by atoms with van der Waals surface area (Å²) in [6.45, 7) is 2.68. The largest absolute Gasteiger partial charge is 0.494 e. The van der Waals surface area contributed by atoms with E-state index in [1.54, 1.807) is 24.3 Å². The Morgan fingerprint density at radius 1 is 1.13 bits per heavy atom. The molecule has 0 bridgehead atoms. The number of imide groups is 1. The molecule has 0 unspecified atom stereocenters. The molecule has 2 aromatic carbocycles. The highest BCUT2D eigenvalue weighted by Gasteiger charge is 2.50. The lowest BCUT2D eigenvalue weighted by Gasteiger charge is -2.16. The molecule has 30 heavy (non-hydrogen) atoms. The second kappa shape index (κ2) is 7.96. The summed E-state index contributed by atoms with van der Waals surface area (Å²) in [6, 6.07) is 12.4. The minimum Gasteiger partial charge on any atom is -0.494 e. The van der Waals surface area contributed by atoms with Crippen molar-refractivity contribution >= 4 is 28.9 Å². The zero-order valence-corrected chi connectivity index (χ0v) is 16.2. The quantitative estimate of drug-likeness (QED) is 0.324. The van der Waals surface area contributed by atoms with E-state index in [1.165, 1.54) is 24.3 Å². The topological polar surface area (TPSA) is 111 Å². The maximum atomic E-state index is 13.0. The number of hydroxylamine groups is 1. The van der Waals surface area contributed by atoms with Crippen LogP contribution in [0.1, 0.15) is 25.3 Å². The molecule has 1 saturated heterocycles. The number of nitro groups is 1. The fraction of sp³-hybridized carbons (Fsp3) is 0.238. The van der Waals surface area contributed by atoms with Gasteiger partial charge in [-0.1, -0.05) is 13.3 Å². The summed E-state index contributed by atoms with van der Waals surface area (Å²) in [5, 5.41) is 10.8. The lowest BCUT2D eigenvalue weighted by molar-refractivity contribution is -0.384. The molecule has 2 aliphatic rings. The van der Waals surface area contributed by atoms with Crippen LogP contribution in [0.5, 0.6) is 5.75 Å². The number of benzene rings is 2. The molecule has 0 radical (unpaired) electrons. The van der Waals surface area contributed by atoms with Crippen LogP contribution < -0.4 is 15.1 Å². The Labute approximate surface area is 172 Å². The van der Waals surface area contributed by atoms with Crippen LogP contribution in [0.25, 0.3) is 5.70 Å². The molecule has 9 nitrogen and oxygen atoms in total. The number of nitro benzene ring substituents is 1.